The zero-order chi connectivity index (χ0) is 11.7. The highest BCUT2D eigenvalue weighted by molar-refractivity contribution is 9.10. The number of anilines is 1. The molecule has 0 saturated heterocycles. The third-order valence-electron chi connectivity index (χ3n) is 1.91. The number of fused-ring (bicyclic) bond motifs is 1. The van der Waals surface area contributed by atoms with Crippen LogP contribution in [0.4, 0.5) is 5.82 Å². The normalized spacial score (nSPS) is 10.6. The van der Waals surface area contributed by atoms with E-state index in [1.165, 1.54) is 13.3 Å². The SMILES string of the molecule is CC(=O)OCn1c(Br)nc2c(N)ncnc21. The van der Waals surface area contributed by atoms with Crippen LogP contribution in [0.25, 0.3) is 11.2 Å². The Hall–Kier alpha value is -1.70. The molecule has 2 N–H and O–H groups in total. The van der Waals surface area contributed by atoms with Gasteiger partial charge in [0.2, 0.25) is 0 Å². The molecule has 0 amide bonds. The lowest BCUT2D eigenvalue weighted by Gasteiger charge is -2.04. The zero-order valence-electron chi connectivity index (χ0n) is 8.35. The number of rotatable bonds is 2. The van der Waals surface area contributed by atoms with Gasteiger partial charge in [0.25, 0.3) is 0 Å². The molecule has 84 valence electrons. The average Bonchev–Trinajstić information content (AvgIpc) is 2.53. The third-order valence-corrected chi connectivity index (χ3v) is 2.52. The van der Waals surface area contributed by atoms with Crippen LogP contribution >= 0.6 is 15.9 Å². The topological polar surface area (TPSA) is 95.9 Å². The van der Waals surface area contributed by atoms with E-state index < -0.39 is 0 Å². The minimum absolute atomic E-state index is 0.0306. The van der Waals surface area contributed by atoms with Crippen molar-refractivity contribution in [3.63, 3.8) is 0 Å². The van der Waals surface area contributed by atoms with E-state index in [1.807, 2.05) is 0 Å². The number of nitrogens with two attached hydrogens (primary N) is 1. The second kappa shape index (κ2) is 4.05. The van der Waals surface area contributed by atoms with Crippen LogP contribution in [0, 0.1) is 0 Å². The van der Waals surface area contributed by atoms with Crippen molar-refractivity contribution < 1.29 is 9.53 Å². The van der Waals surface area contributed by atoms with Crippen LogP contribution in [-0.2, 0) is 16.3 Å². The second-order valence-corrected chi connectivity index (χ2v) is 3.71. The van der Waals surface area contributed by atoms with E-state index in [4.69, 9.17) is 10.5 Å². The van der Waals surface area contributed by atoms with E-state index in [0.29, 0.717) is 15.9 Å². The van der Waals surface area contributed by atoms with E-state index in [-0.39, 0.29) is 18.5 Å². The van der Waals surface area contributed by atoms with E-state index in [2.05, 4.69) is 30.9 Å². The third kappa shape index (κ3) is 1.83. The summed E-state index contributed by atoms with van der Waals surface area (Å²) in [6.07, 6.45) is 1.33. The zero-order valence-corrected chi connectivity index (χ0v) is 9.93. The smallest absolute Gasteiger partial charge is 0.304 e. The van der Waals surface area contributed by atoms with Crippen molar-refractivity contribution in [3.8, 4) is 0 Å². The number of esters is 1. The molecule has 0 bridgehead atoms. The van der Waals surface area contributed by atoms with Gasteiger partial charge in [-0.2, -0.15) is 0 Å². The predicted molar refractivity (Wildman–Crippen MR) is 59.2 cm³/mol. The minimum atomic E-state index is -0.379. The van der Waals surface area contributed by atoms with Gasteiger partial charge in [-0.05, 0) is 15.9 Å². The van der Waals surface area contributed by atoms with Crippen LogP contribution in [-0.4, -0.2) is 25.5 Å². The molecule has 8 heteroatoms. The number of imidazole rings is 1. The molecule has 0 saturated carbocycles. The van der Waals surface area contributed by atoms with Gasteiger partial charge in [0, 0.05) is 6.92 Å². The van der Waals surface area contributed by atoms with Gasteiger partial charge >= 0.3 is 5.97 Å². The number of nitrogen functional groups attached to an aromatic ring is 1. The summed E-state index contributed by atoms with van der Waals surface area (Å²) < 4.78 is 6.93. The monoisotopic (exact) mass is 285 g/mol. The molecule has 0 fully saturated rings. The molecular weight excluding hydrogens is 278 g/mol. The van der Waals surface area contributed by atoms with Gasteiger partial charge in [-0.1, -0.05) is 0 Å². The lowest BCUT2D eigenvalue weighted by Crippen LogP contribution is -2.07. The Morgan fingerprint density at radius 3 is 3.06 bits per heavy atom. The summed E-state index contributed by atoms with van der Waals surface area (Å²) in [5.41, 5.74) is 6.63. The molecule has 2 heterocycles. The highest BCUT2D eigenvalue weighted by Crippen LogP contribution is 2.21. The lowest BCUT2D eigenvalue weighted by atomic mass is 10.5. The number of ether oxygens (including phenoxy) is 1. The minimum Gasteiger partial charge on any atom is -0.444 e. The van der Waals surface area contributed by atoms with Crippen LogP contribution < -0.4 is 5.73 Å². The fraction of sp³-hybridized carbons (Fsp3) is 0.250. The van der Waals surface area contributed by atoms with E-state index in [1.54, 1.807) is 4.57 Å². The Balaban J connectivity index is 2.48. The predicted octanol–water partition coefficient (Wildman–Crippen LogP) is 0.692. The van der Waals surface area contributed by atoms with Gasteiger partial charge in [-0.3, -0.25) is 9.36 Å². The number of nitrogens with zero attached hydrogens (tertiary/aromatic N) is 4. The second-order valence-electron chi connectivity index (χ2n) is 3.01. The molecule has 0 atom stereocenters. The van der Waals surface area contributed by atoms with E-state index >= 15 is 0 Å². The first-order valence-corrected chi connectivity index (χ1v) is 5.14. The van der Waals surface area contributed by atoms with E-state index in [0.717, 1.165) is 0 Å². The standard InChI is InChI=1S/C8H8BrN5O2/c1-4(15)16-3-14-7-5(13-8(14)9)6(10)11-2-12-7/h2H,3H2,1H3,(H2,10,11,12). The number of hydrogen-bond acceptors (Lipinski definition) is 6. The molecule has 2 aromatic rings. The quantitative estimate of drug-likeness (QED) is 0.644. The summed E-state index contributed by atoms with van der Waals surface area (Å²) in [6, 6.07) is 0. The largest absolute Gasteiger partial charge is 0.444 e. The van der Waals surface area contributed by atoms with Crippen LogP contribution in [0.5, 0.6) is 0 Å². The fourth-order valence-corrected chi connectivity index (χ4v) is 1.64. The summed E-state index contributed by atoms with van der Waals surface area (Å²) >= 11 is 3.23. The maximum absolute atomic E-state index is 10.7. The molecule has 0 unspecified atom stereocenters. The van der Waals surface area contributed by atoms with Gasteiger partial charge in [-0.15, -0.1) is 0 Å². The molecule has 2 aromatic heterocycles. The molecule has 0 aromatic carbocycles. The number of carbonyl (C=O) groups is 1. The van der Waals surface area contributed by atoms with Crippen molar-refractivity contribution in [1.29, 1.82) is 0 Å². The maximum atomic E-state index is 10.7. The summed E-state index contributed by atoms with van der Waals surface area (Å²) in [7, 11) is 0. The first-order valence-electron chi connectivity index (χ1n) is 4.35. The molecule has 0 radical (unpaired) electrons. The number of halogens is 1. The molecule has 0 aliphatic carbocycles. The fourth-order valence-electron chi connectivity index (χ4n) is 1.20. The van der Waals surface area contributed by atoms with Gasteiger partial charge in [0.15, 0.2) is 28.4 Å². The molecule has 7 nitrogen and oxygen atoms in total. The molecule has 2 rings (SSSR count). The van der Waals surface area contributed by atoms with Crippen molar-refractivity contribution in [2.75, 3.05) is 5.73 Å². The summed E-state index contributed by atoms with van der Waals surface area (Å²) in [5.74, 6) is -0.0944. The molecular formula is C8H8BrN5O2. The number of hydrogen-bond donors (Lipinski definition) is 1. The Labute approximate surface area is 98.8 Å². The molecule has 0 aliphatic heterocycles. The maximum Gasteiger partial charge on any atom is 0.304 e. The Kier molecular flexibility index (Phi) is 2.73. The summed E-state index contributed by atoms with van der Waals surface area (Å²) in [5, 5.41) is 0. The van der Waals surface area contributed by atoms with Crippen LogP contribution in [0.3, 0.4) is 0 Å². The number of carbonyl (C=O) groups excluding carboxylic acids is 1. The van der Waals surface area contributed by atoms with Crippen molar-refractivity contribution >= 4 is 38.9 Å². The van der Waals surface area contributed by atoms with Gasteiger partial charge in [0.1, 0.15) is 6.33 Å². The Morgan fingerprint density at radius 2 is 2.38 bits per heavy atom. The lowest BCUT2D eigenvalue weighted by molar-refractivity contribution is -0.144. The van der Waals surface area contributed by atoms with E-state index in [9.17, 15) is 4.79 Å². The first-order chi connectivity index (χ1) is 7.59. The van der Waals surface area contributed by atoms with Gasteiger partial charge < -0.3 is 10.5 Å². The van der Waals surface area contributed by atoms with Crippen LogP contribution in [0.1, 0.15) is 6.92 Å². The van der Waals surface area contributed by atoms with Crippen molar-refractivity contribution in [2.24, 2.45) is 0 Å². The summed E-state index contributed by atoms with van der Waals surface area (Å²) in [6.45, 7) is 1.36. The summed E-state index contributed by atoms with van der Waals surface area (Å²) in [4.78, 5) is 22.7. The Morgan fingerprint density at radius 1 is 1.62 bits per heavy atom. The van der Waals surface area contributed by atoms with Crippen molar-refractivity contribution in [1.82, 2.24) is 19.5 Å². The highest BCUT2D eigenvalue weighted by atomic mass is 79.9. The van der Waals surface area contributed by atoms with Gasteiger partial charge in [-0.25, -0.2) is 15.0 Å². The van der Waals surface area contributed by atoms with Crippen LogP contribution in [0.15, 0.2) is 11.1 Å². The average molecular weight is 286 g/mol. The van der Waals surface area contributed by atoms with Crippen molar-refractivity contribution in [2.45, 2.75) is 13.7 Å². The highest BCUT2D eigenvalue weighted by Gasteiger charge is 2.13. The molecule has 0 spiro atoms. The number of aromatic nitrogens is 4. The molecule has 0 aliphatic rings. The molecule has 16 heavy (non-hydrogen) atoms. The Bertz CT molecular complexity index is 553. The first kappa shape index (κ1) is 10.8. The van der Waals surface area contributed by atoms with Gasteiger partial charge in [0.05, 0.1) is 0 Å². The van der Waals surface area contributed by atoms with Crippen molar-refractivity contribution in [3.05, 3.63) is 11.1 Å². The van der Waals surface area contributed by atoms with Crippen LogP contribution in [0.2, 0.25) is 0 Å².